The van der Waals surface area contributed by atoms with Crippen molar-refractivity contribution in [1.82, 2.24) is 9.13 Å². The van der Waals surface area contributed by atoms with Crippen molar-refractivity contribution in [3.8, 4) is 33.6 Å². The molecule has 0 bridgehead atoms. The van der Waals surface area contributed by atoms with Crippen molar-refractivity contribution in [2.45, 2.75) is 0 Å². The number of hydrogen-bond acceptors (Lipinski definition) is 2. The van der Waals surface area contributed by atoms with Crippen LogP contribution in [-0.2, 0) is 0 Å². The van der Waals surface area contributed by atoms with Gasteiger partial charge in [-0.05, 0) is 88.4 Å². The Bertz CT molecular complexity index is 2900. The number of aromatic nitrogens is 2. The number of nitrogens with zero attached hydrogens (tertiary/aromatic N) is 2. The lowest BCUT2D eigenvalue weighted by Crippen LogP contribution is -2.29. The molecular formula is C48H34BBrN2O2. The highest BCUT2D eigenvalue weighted by Gasteiger charge is 2.17. The van der Waals surface area contributed by atoms with Crippen molar-refractivity contribution < 1.29 is 10.0 Å². The summed E-state index contributed by atoms with van der Waals surface area (Å²) in [5.41, 5.74) is 12.2. The maximum absolute atomic E-state index is 9.57. The van der Waals surface area contributed by atoms with E-state index in [1.807, 2.05) is 48.5 Å². The molecule has 2 aromatic heterocycles. The van der Waals surface area contributed by atoms with Crippen LogP contribution in [0.1, 0.15) is 0 Å². The van der Waals surface area contributed by atoms with E-state index in [2.05, 4.69) is 165 Å². The number of rotatable bonds is 5. The molecule has 258 valence electrons. The molecule has 0 aliphatic rings. The van der Waals surface area contributed by atoms with Gasteiger partial charge in [-0.3, -0.25) is 0 Å². The smallest absolute Gasteiger partial charge is 0.423 e. The molecule has 0 atom stereocenters. The zero-order chi connectivity index (χ0) is 36.6. The molecular weight excluding hydrogens is 727 g/mol. The lowest BCUT2D eigenvalue weighted by Gasteiger charge is -2.09. The SMILES string of the molecule is Brc1ccc2c(c1)c1ccccc1n2-c1ccc(-c2ccccc2)cc1.OB(O)c1ccc2c(c1)c1ccccc1n2-c1ccc(-c2ccccc2)cc1. The second-order valence-corrected chi connectivity index (χ2v) is 14.3. The van der Waals surface area contributed by atoms with Gasteiger partial charge >= 0.3 is 7.12 Å². The summed E-state index contributed by atoms with van der Waals surface area (Å²) in [7, 11) is -1.48. The Morgan fingerprint density at radius 1 is 0.352 bits per heavy atom. The fraction of sp³-hybridized carbons (Fsp3) is 0. The van der Waals surface area contributed by atoms with Crippen molar-refractivity contribution in [3.05, 3.63) is 199 Å². The minimum atomic E-state index is -1.48. The third-order valence-electron chi connectivity index (χ3n) is 10.1. The zero-order valence-electron chi connectivity index (χ0n) is 29.2. The zero-order valence-corrected chi connectivity index (χ0v) is 30.8. The van der Waals surface area contributed by atoms with Crippen LogP contribution in [0.25, 0.3) is 77.2 Å². The van der Waals surface area contributed by atoms with E-state index in [4.69, 9.17) is 0 Å². The number of benzene rings is 8. The lowest BCUT2D eigenvalue weighted by atomic mass is 9.80. The normalized spacial score (nSPS) is 11.2. The fourth-order valence-electron chi connectivity index (χ4n) is 7.52. The molecule has 0 saturated carbocycles. The van der Waals surface area contributed by atoms with Gasteiger partial charge < -0.3 is 19.2 Å². The Morgan fingerprint density at radius 3 is 1.22 bits per heavy atom. The highest BCUT2D eigenvalue weighted by Crippen LogP contribution is 2.35. The van der Waals surface area contributed by atoms with Gasteiger partial charge in [0.1, 0.15) is 0 Å². The molecule has 0 unspecified atom stereocenters. The molecule has 2 N–H and O–H groups in total. The second kappa shape index (κ2) is 14.3. The Labute approximate surface area is 322 Å². The standard InChI is InChI=1S/C24H18BNO2.C24H16BrN/c27-25(28)19-12-15-24-22(16-19)21-8-4-5-9-23(21)26(24)20-13-10-18(11-14-20)17-6-2-1-3-7-17;25-19-12-15-24-22(16-19)21-8-4-5-9-23(21)26(24)20-13-10-18(11-14-20)17-6-2-1-3-7-17/h1-16,27-28H;1-16H. The molecule has 0 radical (unpaired) electrons. The minimum Gasteiger partial charge on any atom is -0.423 e. The second-order valence-electron chi connectivity index (χ2n) is 13.3. The van der Waals surface area contributed by atoms with Crippen LogP contribution in [0, 0.1) is 0 Å². The van der Waals surface area contributed by atoms with E-state index < -0.39 is 7.12 Å². The Morgan fingerprint density at radius 2 is 0.741 bits per heavy atom. The van der Waals surface area contributed by atoms with Crippen molar-refractivity contribution in [1.29, 1.82) is 0 Å². The van der Waals surface area contributed by atoms with Crippen molar-refractivity contribution in [2.75, 3.05) is 0 Å². The van der Waals surface area contributed by atoms with Gasteiger partial charge in [0, 0.05) is 37.4 Å². The monoisotopic (exact) mass is 760 g/mol. The third-order valence-corrected chi connectivity index (χ3v) is 10.6. The van der Waals surface area contributed by atoms with Crippen LogP contribution in [0.3, 0.4) is 0 Å². The number of para-hydroxylation sites is 2. The Kier molecular flexibility index (Phi) is 8.93. The van der Waals surface area contributed by atoms with Crippen LogP contribution in [-0.4, -0.2) is 26.3 Å². The van der Waals surface area contributed by atoms with Gasteiger partial charge in [0.2, 0.25) is 0 Å². The fourth-order valence-corrected chi connectivity index (χ4v) is 7.88. The van der Waals surface area contributed by atoms with Gasteiger partial charge in [-0.15, -0.1) is 0 Å². The maximum atomic E-state index is 9.57. The number of hydrogen-bond donors (Lipinski definition) is 2. The summed E-state index contributed by atoms with van der Waals surface area (Å²) in [5, 5.41) is 23.8. The van der Waals surface area contributed by atoms with Gasteiger partial charge in [-0.25, -0.2) is 0 Å². The summed E-state index contributed by atoms with van der Waals surface area (Å²) < 4.78 is 5.66. The molecule has 0 amide bonds. The largest absolute Gasteiger partial charge is 0.488 e. The molecule has 0 fully saturated rings. The number of halogens is 1. The molecule has 4 nitrogen and oxygen atoms in total. The quantitative estimate of drug-likeness (QED) is 0.172. The van der Waals surface area contributed by atoms with Gasteiger partial charge in [-0.2, -0.15) is 0 Å². The molecule has 10 aromatic rings. The predicted octanol–water partition coefficient (Wildman–Crippen LogP) is 11.3. The lowest BCUT2D eigenvalue weighted by molar-refractivity contribution is 0.426. The molecule has 0 aliphatic heterocycles. The summed E-state index contributed by atoms with van der Waals surface area (Å²) >= 11 is 3.61. The van der Waals surface area contributed by atoms with Gasteiger partial charge in [-0.1, -0.05) is 149 Å². The molecule has 6 heteroatoms. The van der Waals surface area contributed by atoms with Gasteiger partial charge in [0.05, 0.1) is 22.1 Å². The predicted molar refractivity (Wildman–Crippen MR) is 230 cm³/mol. The summed E-state index contributed by atoms with van der Waals surface area (Å²) in [5.74, 6) is 0. The van der Waals surface area contributed by atoms with Crippen LogP contribution in [0.4, 0.5) is 0 Å². The van der Waals surface area contributed by atoms with Crippen LogP contribution in [0.5, 0.6) is 0 Å². The maximum Gasteiger partial charge on any atom is 0.488 e. The highest BCUT2D eigenvalue weighted by atomic mass is 79.9. The summed E-state index contributed by atoms with van der Waals surface area (Å²) in [6.45, 7) is 0. The summed E-state index contributed by atoms with van der Waals surface area (Å²) in [4.78, 5) is 0. The van der Waals surface area contributed by atoms with Crippen LogP contribution in [0.2, 0.25) is 0 Å². The topological polar surface area (TPSA) is 50.3 Å². The minimum absolute atomic E-state index is 0.495. The van der Waals surface area contributed by atoms with Crippen LogP contribution < -0.4 is 5.46 Å². The third kappa shape index (κ3) is 6.20. The summed E-state index contributed by atoms with van der Waals surface area (Å²) in [6.07, 6.45) is 0. The van der Waals surface area contributed by atoms with E-state index in [-0.39, 0.29) is 0 Å². The first-order chi connectivity index (χ1) is 26.5. The molecule has 0 saturated heterocycles. The average molecular weight is 762 g/mol. The molecule has 8 aromatic carbocycles. The molecule has 10 rings (SSSR count). The molecule has 2 heterocycles. The van der Waals surface area contributed by atoms with E-state index in [1.54, 1.807) is 6.07 Å². The molecule has 54 heavy (non-hydrogen) atoms. The van der Waals surface area contributed by atoms with Crippen molar-refractivity contribution in [3.63, 3.8) is 0 Å². The van der Waals surface area contributed by atoms with Crippen LogP contribution in [0.15, 0.2) is 199 Å². The van der Waals surface area contributed by atoms with E-state index in [0.29, 0.717) is 5.46 Å². The highest BCUT2D eigenvalue weighted by molar-refractivity contribution is 9.10. The van der Waals surface area contributed by atoms with Crippen molar-refractivity contribution >= 4 is 72.1 Å². The van der Waals surface area contributed by atoms with Gasteiger partial charge in [0.25, 0.3) is 0 Å². The Balaban J connectivity index is 0.000000143. The van der Waals surface area contributed by atoms with E-state index in [9.17, 15) is 10.0 Å². The van der Waals surface area contributed by atoms with E-state index in [0.717, 1.165) is 32.0 Å². The first kappa shape index (κ1) is 33.6. The first-order valence-electron chi connectivity index (χ1n) is 17.9. The average Bonchev–Trinajstić information content (AvgIpc) is 3.74. The van der Waals surface area contributed by atoms with Gasteiger partial charge in [0.15, 0.2) is 0 Å². The summed E-state index contributed by atoms with van der Waals surface area (Å²) in [6, 6.07) is 67.0. The number of fused-ring (bicyclic) bond motifs is 6. The first-order valence-corrected chi connectivity index (χ1v) is 18.7. The van der Waals surface area contributed by atoms with E-state index >= 15 is 0 Å². The van der Waals surface area contributed by atoms with Crippen molar-refractivity contribution in [2.24, 2.45) is 0 Å². The van der Waals surface area contributed by atoms with E-state index in [1.165, 1.54) is 49.7 Å². The van der Waals surface area contributed by atoms with Crippen LogP contribution >= 0.6 is 15.9 Å². The Hall–Kier alpha value is -6.18. The molecule has 0 aliphatic carbocycles. The molecule has 0 spiro atoms.